The first kappa shape index (κ1) is 19.4. The second-order valence-electron chi connectivity index (χ2n) is 5.24. The van der Waals surface area contributed by atoms with Crippen molar-refractivity contribution in [3.63, 3.8) is 0 Å². The largest absolute Gasteiger partial charge is 0.465 e. The summed E-state index contributed by atoms with van der Waals surface area (Å²) in [6.45, 7) is 11.4. The van der Waals surface area contributed by atoms with Crippen LogP contribution < -0.4 is 5.32 Å². The molecule has 1 N–H and O–H groups in total. The summed E-state index contributed by atoms with van der Waals surface area (Å²) >= 11 is 0. The molecular weight excluding hydrogens is 254 g/mol. The molecule has 0 aliphatic heterocycles. The van der Waals surface area contributed by atoms with Crippen molar-refractivity contribution < 1.29 is 9.53 Å². The Morgan fingerprint density at radius 3 is 2.35 bits per heavy atom. The molecule has 20 heavy (non-hydrogen) atoms. The van der Waals surface area contributed by atoms with Gasteiger partial charge < -0.3 is 19.9 Å². The Kier molecular flexibility index (Phi) is 11.7. The third kappa shape index (κ3) is 9.28. The van der Waals surface area contributed by atoms with Gasteiger partial charge in [-0.3, -0.25) is 4.79 Å². The van der Waals surface area contributed by atoms with E-state index in [4.69, 9.17) is 4.74 Å². The molecule has 5 nitrogen and oxygen atoms in total. The van der Waals surface area contributed by atoms with Crippen molar-refractivity contribution in [2.24, 2.45) is 0 Å². The molecule has 0 saturated carbocycles. The molecule has 120 valence electrons. The van der Waals surface area contributed by atoms with Gasteiger partial charge in [0.1, 0.15) is 6.04 Å². The SMILES string of the molecule is CCNC(CCN(CC)CCCN(C)C)C(=O)OCC. The van der Waals surface area contributed by atoms with Crippen LogP contribution in [-0.2, 0) is 9.53 Å². The van der Waals surface area contributed by atoms with Crippen molar-refractivity contribution in [3.8, 4) is 0 Å². The predicted molar refractivity (Wildman–Crippen MR) is 84.0 cm³/mol. The fraction of sp³-hybridized carbons (Fsp3) is 0.933. The Morgan fingerprint density at radius 2 is 1.85 bits per heavy atom. The van der Waals surface area contributed by atoms with Crippen molar-refractivity contribution >= 4 is 5.97 Å². The molecule has 1 unspecified atom stereocenters. The molecule has 0 heterocycles. The molecule has 0 spiro atoms. The van der Waals surface area contributed by atoms with Gasteiger partial charge in [-0.1, -0.05) is 13.8 Å². The van der Waals surface area contributed by atoms with Gasteiger partial charge in [0.15, 0.2) is 0 Å². The molecule has 0 aromatic heterocycles. The summed E-state index contributed by atoms with van der Waals surface area (Å²) in [7, 11) is 4.19. The standard InChI is InChI=1S/C15H33N3O2/c1-6-16-14(15(19)20-8-3)10-13-18(7-2)12-9-11-17(4)5/h14,16H,6-13H2,1-5H3. The van der Waals surface area contributed by atoms with Gasteiger partial charge in [-0.15, -0.1) is 0 Å². The average Bonchev–Trinajstić information content (AvgIpc) is 2.40. The van der Waals surface area contributed by atoms with E-state index in [1.165, 1.54) is 0 Å². The quantitative estimate of drug-likeness (QED) is 0.546. The maximum Gasteiger partial charge on any atom is 0.323 e. The van der Waals surface area contributed by atoms with Crippen molar-refractivity contribution in [2.45, 2.75) is 39.7 Å². The first-order valence-corrected chi connectivity index (χ1v) is 7.82. The lowest BCUT2D eigenvalue weighted by molar-refractivity contribution is -0.145. The number of rotatable bonds is 12. The molecule has 0 aromatic carbocycles. The maximum atomic E-state index is 11.8. The second-order valence-corrected chi connectivity index (χ2v) is 5.24. The second kappa shape index (κ2) is 12.1. The fourth-order valence-corrected chi connectivity index (χ4v) is 2.14. The number of nitrogens with one attached hydrogen (secondary N) is 1. The summed E-state index contributed by atoms with van der Waals surface area (Å²) in [6, 6.07) is -0.178. The van der Waals surface area contributed by atoms with Gasteiger partial charge in [0, 0.05) is 6.54 Å². The van der Waals surface area contributed by atoms with Crippen LogP contribution >= 0.6 is 0 Å². The number of hydrogen-bond donors (Lipinski definition) is 1. The molecule has 0 amide bonds. The van der Waals surface area contributed by atoms with Gasteiger partial charge in [0.05, 0.1) is 6.61 Å². The lowest BCUT2D eigenvalue weighted by Crippen LogP contribution is -2.41. The minimum Gasteiger partial charge on any atom is -0.465 e. The number of likely N-dealkylation sites (N-methyl/N-ethyl adjacent to an activating group) is 1. The number of nitrogens with zero attached hydrogens (tertiary/aromatic N) is 2. The molecule has 0 rings (SSSR count). The third-order valence-corrected chi connectivity index (χ3v) is 3.28. The predicted octanol–water partition coefficient (Wildman–Crippen LogP) is 1.19. The molecule has 1 atom stereocenters. The van der Waals surface area contributed by atoms with Gasteiger partial charge in [0.2, 0.25) is 0 Å². The molecule has 0 fully saturated rings. The van der Waals surface area contributed by atoms with Crippen LogP contribution in [0.25, 0.3) is 0 Å². The molecule has 0 aromatic rings. The van der Waals surface area contributed by atoms with E-state index in [2.05, 4.69) is 36.1 Å². The van der Waals surface area contributed by atoms with E-state index < -0.39 is 0 Å². The van der Waals surface area contributed by atoms with Crippen LogP contribution in [0.4, 0.5) is 0 Å². The van der Waals surface area contributed by atoms with E-state index in [1.807, 2.05) is 13.8 Å². The van der Waals surface area contributed by atoms with E-state index >= 15 is 0 Å². The van der Waals surface area contributed by atoms with E-state index in [0.29, 0.717) is 6.61 Å². The molecule has 5 heteroatoms. The highest BCUT2D eigenvalue weighted by Crippen LogP contribution is 2.01. The van der Waals surface area contributed by atoms with Crippen molar-refractivity contribution in [1.29, 1.82) is 0 Å². The summed E-state index contributed by atoms with van der Waals surface area (Å²) < 4.78 is 5.11. The molecule has 0 aliphatic rings. The first-order valence-electron chi connectivity index (χ1n) is 7.82. The summed E-state index contributed by atoms with van der Waals surface area (Å²) in [6.07, 6.45) is 1.97. The number of esters is 1. The van der Waals surface area contributed by atoms with Crippen LogP contribution in [0.2, 0.25) is 0 Å². The fourth-order valence-electron chi connectivity index (χ4n) is 2.14. The molecule has 0 aliphatic carbocycles. The van der Waals surface area contributed by atoms with Gasteiger partial charge in [0.25, 0.3) is 0 Å². The number of hydrogen-bond acceptors (Lipinski definition) is 5. The Bertz CT molecular complexity index is 247. The van der Waals surface area contributed by atoms with Crippen LogP contribution in [0.5, 0.6) is 0 Å². The summed E-state index contributed by atoms with van der Waals surface area (Å²) in [4.78, 5) is 16.4. The van der Waals surface area contributed by atoms with Crippen molar-refractivity contribution in [1.82, 2.24) is 15.1 Å². The summed E-state index contributed by atoms with van der Waals surface area (Å²) in [5, 5.41) is 3.21. The normalized spacial score (nSPS) is 12.9. The first-order chi connectivity index (χ1) is 9.54. The average molecular weight is 287 g/mol. The third-order valence-electron chi connectivity index (χ3n) is 3.28. The van der Waals surface area contributed by atoms with Crippen molar-refractivity contribution in [3.05, 3.63) is 0 Å². The smallest absolute Gasteiger partial charge is 0.323 e. The highest BCUT2D eigenvalue weighted by molar-refractivity contribution is 5.75. The molecule has 0 radical (unpaired) electrons. The number of carbonyl (C=O) groups is 1. The van der Waals surface area contributed by atoms with E-state index in [1.54, 1.807) is 0 Å². The van der Waals surface area contributed by atoms with Crippen LogP contribution in [0.1, 0.15) is 33.6 Å². The Labute approximate surface area is 124 Å². The monoisotopic (exact) mass is 287 g/mol. The van der Waals surface area contributed by atoms with Gasteiger partial charge in [-0.2, -0.15) is 0 Å². The lowest BCUT2D eigenvalue weighted by atomic mass is 10.2. The highest BCUT2D eigenvalue weighted by Gasteiger charge is 2.19. The van der Waals surface area contributed by atoms with E-state index in [0.717, 1.165) is 45.6 Å². The Hall–Kier alpha value is -0.650. The Balaban J connectivity index is 4.10. The lowest BCUT2D eigenvalue weighted by Gasteiger charge is -2.24. The van der Waals surface area contributed by atoms with Crippen LogP contribution in [0, 0.1) is 0 Å². The zero-order valence-corrected chi connectivity index (χ0v) is 13.9. The zero-order valence-electron chi connectivity index (χ0n) is 13.9. The van der Waals surface area contributed by atoms with Crippen LogP contribution in [0.15, 0.2) is 0 Å². The molecule has 0 saturated heterocycles. The van der Waals surface area contributed by atoms with E-state index in [-0.39, 0.29) is 12.0 Å². The van der Waals surface area contributed by atoms with E-state index in [9.17, 15) is 4.79 Å². The zero-order chi connectivity index (χ0) is 15.4. The highest BCUT2D eigenvalue weighted by atomic mass is 16.5. The topological polar surface area (TPSA) is 44.8 Å². The maximum absolute atomic E-state index is 11.8. The number of carbonyl (C=O) groups excluding carboxylic acids is 1. The van der Waals surface area contributed by atoms with Crippen LogP contribution in [0.3, 0.4) is 0 Å². The minimum atomic E-state index is -0.178. The minimum absolute atomic E-state index is 0.126. The van der Waals surface area contributed by atoms with Gasteiger partial charge >= 0.3 is 5.97 Å². The molecular formula is C15H33N3O2. The number of ether oxygens (including phenoxy) is 1. The van der Waals surface area contributed by atoms with Crippen LogP contribution in [-0.4, -0.2) is 75.2 Å². The van der Waals surface area contributed by atoms with Gasteiger partial charge in [-0.25, -0.2) is 0 Å². The summed E-state index contributed by atoms with van der Waals surface area (Å²) in [5.41, 5.74) is 0. The van der Waals surface area contributed by atoms with Gasteiger partial charge in [-0.05, 0) is 60.0 Å². The molecule has 0 bridgehead atoms. The summed E-state index contributed by atoms with van der Waals surface area (Å²) in [5.74, 6) is -0.126. The Morgan fingerprint density at radius 1 is 1.15 bits per heavy atom. The van der Waals surface area contributed by atoms with Crippen molar-refractivity contribution in [2.75, 3.05) is 53.4 Å².